The number of benzene rings is 1. The molecule has 0 aliphatic carbocycles. The molecule has 2 aliphatic rings. The van der Waals surface area contributed by atoms with Crippen molar-refractivity contribution in [1.29, 1.82) is 5.41 Å². The van der Waals surface area contributed by atoms with Crippen LogP contribution in [0.2, 0.25) is 0 Å². The predicted octanol–water partition coefficient (Wildman–Crippen LogP) is 2.99. The molecule has 168 valence electrons. The van der Waals surface area contributed by atoms with E-state index in [1.807, 2.05) is 45.9 Å². The fourth-order valence-electron chi connectivity index (χ4n) is 4.18. The van der Waals surface area contributed by atoms with Gasteiger partial charge in [-0.1, -0.05) is 26.8 Å². The molecular weight excluding hydrogens is 408 g/mol. The number of nitrogens with one attached hydrogen (secondary N) is 1. The Balaban J connectivity index is 1.67. The summed E-state index contributed by atoms with van der Waals surface area (Å²) in [6, 6.07) is 7.44. The number of carboxylic acids is 1. The fraction of sp³-hybridized carbons (Fsp3) is 0.417. The van der Waals surface area contributed by atoms with E-state index in [1.54, 1.807) is 15.9 Å². The molecule has 2 aromatic rings. The Labute approximate surface area is 187 Å². The normalized spacial score (nSPS) is 15.3. The fourth-order valence-corrected chi connectivity index (χ4v) is 4.18. The molecule has 2 N–H and O–H groups in total. The summed E-state index contributed by atoms with van der Waals surface area (Å²) in [5, 5.41) is 17.8. The number of ketones is 1. The van der Waals surface area contributed by atoms with Gasteiger partial charge in [0.1, 0.15) is 30.4 Å². The number of aliphatic carboxylic acids is 1. The summed E-state index contributed by atoms with van der Waals surface area (Å²) in [5.74, 6) is -0.171. The van der Waals surface area contributed by atoms with Crippen LogP contribution in [0.1, 0.15) is 53.6 Å². The molecule has 0 bridgehead atoms. The number of nitrogens with zero attached hydrogens (tertiary/aromatic N) is 3. The SMILES string of the molecule is Cc1ccc2c(n1)C(=N)N(CC(=O)c1cc3c(c(C(C)(C)C)c1)OCCN3CC(=O)O)C2. The highest BCUT2D eigenvalue weighted by Gasteiger charge is 2.31. The summed E-state index contributed by atoms with van der Waals surface area (Å²) in [6.45, 7) is 9.20. The average molecular weight is 437 g/mol. The topological polar surface area (TPSA) is 107 Å². The van der Waals surface area contributed by atoms with Crippen molar-refractivity contribution in [2.24, 2.45) is 0 Å². The lowest BCUT2D eigenvalue weighted by Gasteiger charge is -2.34. The first kappa shape index (κ1) is 21.8. The van der Waals surface area contributed by atoms with Crippen molar-refractivity contribution >= 4 is 23.3 Å². The molecule has 0 spiro atoms. The first-order valence-electron chi connectivity index (χ1n) is 10.7. The molecule has 32 heavy (non-hydrogen) atoms. The number of carbonyl (C=O) groups excluding carboxylic acids is 1. The summed E-state index contributed by atoms with van der Waals surface area (Å²) < 4.78 is 5.93. The lowest BCUT2D eigenvalue weighted by Crippen LogP contribution is -2.38. The van der Waals surface area contributed by atoms with Crippen LogP contribution >= 0.6 is 0 Å². The molecule has 0 atom stereocenters. The average Bonchev–Trinajstić information content (AvgIpc) is 3.01. The van der Waals surface area contributed by atoms with Gasteiger partial charge < -0.3 is 19.6 Å². The van der Waals surface area contributed by atoms with Crippen molar-refractivity contribution in [3.8, 4) is 5.75 Å². The van der Waals surface area contributed by atoms with E-state index in [-0.39, 0.29) is 30.1 Å². The van der Waals surface area contributed by atoms with Crippen molar-refractivity contribution in [2.45, 2.75) is 39.7 Å². The van der Waals surface area contributed by atoms with Gasteiger partial charge in [-0.05, 0) is 30.5 Å². The van der Waals surface area contributed by atoms with Crippen LogP contribution < -0.4 is 9.64 Å². The Hall–Kier alpha value is -3.42. The Bertz CT molecular complexity index is 1120. The monoisotopic (exact) mass is 436 g/mol. The van der Waals surface area contributed by atoms with Gasteiger partial charge in [0.2, 0.25) is 0 Å². The Morgan fingerprint density at radius 3 is 2.62 bits per heavy atom. The molecule has 2 aliphatic heterocycles. The number of amidine groups is 1. The van der Waals surface area contributed by atoms with Gasteiger partial charge >= 0.3 is 5.97 Å². The maximum absolute atomic E-state index is 13.3. The van der Waals surface area contributed by atoms with Crippen molar-refractivity contribution in [2.75, 3.05) is 31.1 Å². The maximum atomic E-state index is 13.3. The number of carbonyl (C=O) groups is 2. The van der Waals surface area contributed by atoms with E-state index in [9.17, 15) is 14.7 Å². The number of carboxylic acid groups (broad SMARTS) is 1. The standard InChI is InChI=1S/C24H28N4O4/c1-14-5-6-15-11-28(23(25)21(15)26-14)12-19(29)16-9-17(24(2,3)4)22-18(10-16)27(7-8-32-22)13-20(30)31/h5-6,9-10,25H,7-8,11-13H2,1-4H3,(H,30,31). The van der Waals surface area contributed by atoms with Crippen LogP contribution in [0.4, 0.5) is 5.69 Å². The minimum Gasteiger partial charge on any atom is -0.489 e. The largest absolute Gasteiger partial charge is 0.489 e. The number of rotatable bonds is 5. The van der Waals surface area contributed by atoms with E-state index in [0.717, 1.165) is 16.8 Å². The van der Waals surface area contributed by atoms with Crippen molar-refractivity contribution in [3.63, 3.8) is 0 Å². The number of hydrogen-bond acceptors (Lipinski definition) is 6. The van der Waals surface area contributed by atoms with E-state index < -0.39 is 5.97 Å². The van der Waals surface area contributed by atoms with Gasteiger partial charge in [0, 0.05) is 28.9 Å². The molecule has 0 saturated heterocycles. The molecule has 8 nitrogen and oxygen atoms in total. The van der Waals surface area contributed by atoms with Crippen LogP contribution in [-0.4, -0.2) is 58.8 Å². The van der Waals surface area contributed by atoms with E-state index >= 15 is 0 Å². The second-order valence-corrected chi connectivity index (χ2v) is 9.37. The number of anilines is 1. The zero-order valence-electron chi connectivity index (χ0n) is 18.9. The smallest absolute Gasteiger partial charge is 0.323 e. The van der Waals surface area contributed by atoms with Crippen LogP contribution in [0.5, 0.6) is 5.75 Å². The zero-order valence-corrected chi connectivity index (χ0v) is 18.9. The summed E-state index contributed by atoms with van der Waals surface area (Å²) in [7, 11) is 0. The number of aryl methyl sites for hydroxylation is 1. The number of ether oxygens (including phenoxy) is 1. The first-order valence-corrected chi connectivity index (χ1v) is 10.7. The third kappa shape index (κ3) is 4.04. The Morgan fingerprint density at radius 2 is 1.94 bits per heavy atom. The molecule has 0 fully saturated rings. The van der Waals surface area contributed by atoms with Gasteiger partial charge in [-0.3, -0.25) is 15.0 Å². The number of Topliss-reactive ketones (excluding diaryl/α,β-unsaturated/α-hetero) is 1. The summed E-state index contributed by atoms with van der Waals surface area (Å²) in [4.78, 5) is 32.6. The minimum absolute atomic E-state index is 0.0520. The summed E-state index contributed by atoms with van der Waals surface area (Å²) in [6.07, 6.45) is 0. The highest BCUT2D eigenvalue weighted by molar-refractivity contribution is 6.05. The van der Waals surface area contributed by atoms with Crippen LogP contribution in [0, 0.1) is 12.3 Å². The molecule has 8 heteroatoms. The summed E-state index contributed by atoms with van der Waals surface area (Å²) in [5.41, 5.74) is 4.09. The maximum Gasteiger partial charge on any atom is 0.323 e. The second kappa shape index (κ2) is 7.93. The van der Waals surface area contributed by atoms with Gasteiger partial charge in [-0.25, -0.2) is 4.98 Å². The van der Waals surface area contributed by atoms with E-state index in [4.69, 9.17) is 10.1 Å². The minimum atomic E-state index is -0.932. The third-order valence-electron chi connectivity index (χ3n) is 5.83. The second-order valence-electron chi connectivity index (χ2n) is 9.37. The highest BCUT2D eigenvalue weighted by Crippen LogP contribution is 2.42. The zero-order chi connectivity index (χ0) is 23.2. The van der Waals surface area contributed by atoms with Gasteiger partial charge in [-0.15, -0.1) is 0 Å². The first-order chi connectivity index (χ1) is 15.0. The van der Waals surface area contributed by atoms with E-state index in [0.29, 0.717) is 42.4 Å². The molecule has 0 amide bonds. The number of fused-ring (bicyclic) bond motifs is 2. The van der Waals surface area contributed by atoms with Crippen molar-refractivity contribution < 1.29 is 19.4 Å². The molecular formula is C24H28N4O4. The van der Waals surface area contributed by atoms with Crippen LogP contribution in [-0.2, 0) is 16.8 Å². The van der Waals surface area contributed by atoms with Crippen molar-refractivity contribution in [3.05, 3.63) is 52.3 Å². The van der Waals surface area contributed by atoms with Gasteiger partial charge in [0.25, 0.3) is 0 Å². The number of hydrogen-bond donors (Lipinski definition) is 2. The number of pyridine rings is 1. The van der Waals surface area contributed by atoms with Crippen molar-refractivity contribution in [1.82, 2.24) is 9.88 Å². The molecule has 0 unspecified atom stereocenters. The third-order valence-corrected chi connectivity index (χ3v) is 5.83. The lowest BCUT2D eigenvalue weighted by molar-refractivity contribution is -0.135. The van der Waals surface area contributed by atoms with Gasteiger partial charge in [0.15, 0.2) is 5.78 Å². The number of aromatic nitrogens is 1. The molecule has 3 heterocycles. The van der Waals surface area contributed by atoms with Crippen LogP contribution in [0.15, 0.2) is 24.3 Å². The molecule has 1 aromatic heterocycles. The van der Waals surface area contributed by atoms with Gasteiger partial charge in [0.05, 0.1) is 18.8 Å². The predicted molar refractivity (Wildman–Crippen MR) is 121 cm³/mol. The van der Waals surface area contributed by atoms with E-state index in [2.05, 4.69) is 4.98 Å². The van der Waals surface area contributed by atoms with Gasteiger partial charge in [-0.2, -0.15) is 0 Å². The summed E-state index contributed by atoms with van der Waals surface area (Å²) >= 11 is 0. The molecule has 0 saturated carbocycles. The van der Waals surface area contributed by atoms with Crippen LogP contribution in [0.25, 0.3) is 0 Å². The Kier molecular flexibility index (Phi) is 5.40. The molecule has 1 aromatic carbocycles. The lowest BCUT2D eigenvalue weighted by atomic mass is 9.84. The quantitative estimate of drug-likeness (QED) is 0.694. The highest BCUT2D eigenvalue weighted by atomic mass is 16.5. The molecule has 4 rings (SSSR count). The molecule has 0 radical (unpaired) electrons. The van der Waals surface area contributed by atoms with Crippen LogP contribution in [0.3, 0.4) is 0 Å². The van der Waals surface area contributed by atoms with E-state index in [1.165, 1.54) is 0 Å². The Morgan fingerprint density at radius 1 is 1.19 bits per heavy atom.